The zero-order chi connectivity index (χ0) is 19.5. The topological polar surface area (TPSA) is 70.1 Å². The third-order valence-electron chi connectivity index (χ3n) is 5.15. The molecule has 0 bridgehead atoms. The summed E-state index contributed by atoms with van der Waals surface area (Å²) in [5.74, 6) is -0.177. The molecule has 2 aromatic carbocycles. The standard InChI is InChI=1S/C22H18FN3O2/c23-19-12-15(14-24)6-7-18(19)21-13-20(25-28-21)22(27)26-10-8-17(9-11-26)16-4-2-1-3-5-16/h1-7,12-13,17H,8-11H2. The van der Waals surface area contributed by atoms with Crippen LogP contribution in [0.25, 0.3) is 11.3 Å². The normalized spacial score (nSPS) is 14.6. The lowest BCUT2D eigenvalue weighted by Gasteiger charge is -2.31. The Balaban J connectivity index is 1.45. The maximum Gasteiger partial charge on any atom is 0.276 e. The molecule has 1 aromatic heterocycles. The minimum absolute atomic E-state index is 0.164. The van der Waals surface area contributed by atoms with Crippen LogP contribution in [0.5, 0.6) is 0 Å². The largest absolute Gasteiger partial charge is 0.355 e. The lowest BCUT2D eigenvalue weighted by Crippen LogP contribution is -2.38. The van der Waals surface area contributed by atoms with Crippen molar-refractivity contribution in [2.75, 3.05) is 13.1 Å². The van der Waals surface area contributed by atoms with E-state index in [4.69, 9.17) is 9.78 Å². The fourth-order valence-corrected chi connectivity index (χ4v) is 3.59. The van der Waals surface area contributed by atoms with E-state index in [2.05, 4.69) is 17.3 Å². The van der Waals surface area contributed by atoms with Crippen LogP contribution in [0.4, 0.5) is 4.39 Å². The lowest BCUT2D eigenvalue weighted by molar-refractivity contribution is 0.0702. The van der Waals surface area contributed by atoms with Gasteiger partial charge in [-0.1, -0.05) is 35.5 Å². The average molecular weight is 375 g/mol. The van der Waals surface area contributed by atoms with Gasteiger partial charge in [-0.3, -0.25) is 4.79 Å². The lowest BCUT2D eigenvalue weighted by atomic mass is 9.89. The van der Waals surface area contributed by atoms with Gasteiger partial charge in [-0.25, -0.2) is 4.39 Å². The van der Waals surface area contributed by atoms with E-state index < -0.39 is 5.82 Å². The van der Waals surface area contributed by atoms with E-state index in [9.17, 15) is 9.18 Å². The molecule has 1 aliphatic heterocycles. The number of carbonyl (C=O) groups excluding carboxylic acids is 1. The molecule has 1 amide bonds. The number of likely N-dealkylation sites (tertiary alicyclic amines) is 1. The van der Waals surface area contributed by atoms with Crippen LogP contribution in [0.1, 0.15) is 40.4 Å². The van der Waals surface area contributed by atoms with Crippen LogP contribution < -0.4 is 0 Å². The minimum Gasteiger partial charge on any atom is -0.355 e. The van der Waals surface area contributed by atoms with Crippen molar-refractivity contribution in [1.82, 2.24) is 10.1 Å². The van der Waals surface area contributed by atoms with Crippen molar-refractivity contribution < 1.29 is 13.7 Å². The highest BCUT2D eigenvalue weighted by Gasteiger charge is 2.26. The van der Waals surface area contributed by atoms with Gasteiger partial charge < -0.3 is 9.42 Å². The Hall–Kier alpha value is -3.46. The highest BCUT2D eigenvalue weighted by atomic mass is 19.1. The van der Waals surface area contributed by atoms with Gasteiger partial charge in [0.05, 0.1) is 17.2 Å². The number of piperidine rings is 1. The summed E-state index contributed by atoms with van der Waals surface area (Å²) in [6.07, 6.45) is 1.79. The number of hydrogen-bond acceptors (Lipinski definition) is 4. The van der Waals surface area contributed by atoms with Gasteiger partial charge in [0.2, 0.25) is 0 Å². The van der Waals surface area contributed by atoms with Crippen LogP contribution in [-0.4, -0.2) is 29.1 Å². The Labute approximate surface area is 162 Å². The fraction of sp³-hybridized carbons (Fsp3) is 0.227. The Morgan fingerprint density at radius 2 is 1.89 bits per heavy atom. The number of hydrogen-bond donors (Lipinski definition) is 0. The van der Waals surface area contributed by atoms with E-state index in [-0.39, 0.29) is 28.5 Å². The molecule has 6 heteroatoms. The molecular weight excluding hydrogens is 357 g/mol. The summed E-state index contributed by atoms with van der Waals surface area (Å²) in [5.41, 5.74) is 1.86. The molecule has 1 fully saturated rings. The first-order chi connectivity index (χ1) is 13.7. The molecule has 0 atom stereocenters. The summed E-state index contributed by atoms with van der Waals surface area (Å²) in [7, 11) is 0. The van der Waals surface area contributed by atoms with Crippen LogP contribution in [0.2, 0.25) is 0 Å². The molecule has 0 unspecified atom stereocenters. The summed E-state index contributed by atoms with van der Waals surface area (Å²) >= 11 is 0. The number of nitriles is 1. The maximum absolute atomic E-state index is 14.2. The van der Waals surface area contributed by atoms with Crippen LogP contribution in [-0.2, 0) is 0 Å². The fourth-order valence-electron chi connectivity index (χ4n) is 3.59. The van der Waals surface area contributed by atoms with Gasteiger partial charge in [0.1, 0.15) is 5.82 Å². The van der Waals surface area contributed by atoms with Crippen LogP contribution in [0, 0.1) is 17.1 Å². The van der Waals surface area contributed by atoms with Crippen molar-refractivity contribution in [3.05, 3.63) is 77.2 Å². The van der Waals surface area contributed by atoms with Crippen molar-refractivity contribution in [3.8, 4) is 17.4 Å². The smallest absolute Gasteiger partial charge is 0.276 e. The molecule has 28 heavy (non-hydrogen) atoms. The summed E-state index contributed by atoms with van der Waals surface area (Å²) < 4.78 is 19.3. The molecule has 4 rings (SSSR count). The Morgan fingerprint density at radius 1 is 1.14 bits per heavy atom. The van der Waals surface area contributed by atoms with Crippen LogP contribution in [0.15, 0.2) is 59.1 Å². The zero-order valence-corrected chi connectivity index (χ0v) is 15.1. The quantitative estimate of drug-likeness (QED) is 0.681. The summed E-state index contributed by atoms with van der Waals surface area (Å²) in [4.78, 5) is 14.5. The van der Waals surface area contributed by atoms with E-state index >= 15 is 0 Å². The van der Waals surface area contributed by atoms with E-state index in [1.807, 2.05) is 24.3 Å². The van der Waals surface area contributed by atoms with E-state index in [0.29, 0.717) is 19.0 Å². The van der Waals surface area contributed by atoms with Crippen molar-refractivity contribution in [3.63, 3.8) is 0 Å². The first kappa shape index (κ1) is 17.9. The molecule has 0 radical (unpaired) electrons. The highest BCUT2D eigenvalue weighted by Crippen LogP contribution is 2.29. The second kappa shape index (κ2) is 7.65. The predicted octanol–water partition coefficient (Wildman–Crippen LogP) is 4.37. The molecule has 0 N–H and O–H groups in total. The SMILES string of the molecule is N#Cc1ccc(-c2cc(C(=O)N3CCC(c4ccccc4)CC3)no2)c(F)c1. The van der Waals surface area contributed by atoms with Crippen molar-refractivity contribution in [1.29, 1.82) is 5.26 Å². The van der Waals surface area contributed by atoms with E-state index in [1.165, 1.54) is 23.8 Å². The summed E-state index contributed by atoms with van der Waals surface area (Å²) in [6.45, 7) is 1.29. The van der Waals surface area contributed by atoms with Gasteiger partial charge in [-0.15, -0.1) is 0 Å². The Kier molecular flexibility index (Phi) is 4.90. The van der Waals surface area contributed by atoms with Gasteiger partial charge in [0.15, 0.2) is 11.5 Å². The van der Waals surface area contributed by atoms with Gasteiger partial charge in [0, 0.05) is 19.2 Å². The molecule has 1 saturated heterocycles. The van der Waals surface area contributed by atoms with Gasteiger partial charge >= 0.3 is 0 Å². The Morgan fingerprint density at radius 3 is 2.57 bits per heavy atom. The first-order valence-corrected chi connectivity index (χ1v) is 9.16. The van der Waals surface area contributed by atoms with Gasteiger partial charge in [-0.2, -0.15) is 5.26 Å². The second-order valence-electron chi connectivity index (χ2n) is 6.86. The number of aromatic nitrogens is 1. The van der Waals surface area contributed by atoms with Crippen molar-refractivity contribution in [2.24, 2.45) is 0 Å². The molecule has 0 saturated carbocycles. The monoisotopic (exact) mass is 375 g/mol. The molecule has 0 spiro atoms. The molecule has 2 heterocycles. The zero-order valence-electron chi connectivity index (χ0n) is 15.1. The number of nitrogens with zero attached hydrogens (tertiary/aromatic N) is 3. The minimum atomic E-state index is -0.585. The maximum atomic E-state index is 14.2. The molecule has 1 aliphatic rings. The molecular formula is C22H18FN3O2. The number of halogens is 1. The number of benzene rings is 2. The van der Waals surface area contributed by atoms with Gasteiger partial charge in [0.25, 0.3) is 5.91 Å². The number of carbonyl (C=O) groups is 1. The highest BCUT2D eigenvalue weighted by molar-refractivity contribution is 5.93. The molecule has 3 aromatic rings. The number of rotatable bonds is 3. The van der Waals surface area contributed by atoms with Crippen molar-refractivity contribution >= 4 is 5.91 Å². The molecule has 5 nitrogen and oxygen atoms in total. The third-order valence-corrected chi connectivity index (χ3v) is 5.15. The summed E-state index contributed by atoms with van der Waals surface area (Å²) in [5, 5.41) is 12.7. The summed E-state index contributed by atoms with van der Waals surface area (Å²) in [6, 6.07) is 17.7. The van der Waals surface area contributed by atoms with Crippen LogP contribution in [0.3, 0.4) is 0 Å². The van der Waals surface area contributed by atoms with Gasteiger partial charge in [-0.05, 0) is 42.5 Å². The predicted molar refractivity (Wildman–Crippen MR) is 101 cm³/mol. The third kappa shape index (κ3) is 3.52. The second-order valence-corrected chi connectivity index (χ2v) is 6.86. The number of amides is 1. The van der Waals surface area contributed by atoms with Crippen LogP contribution >= 0.6 is 0 Å². The van der Waals surface area contributed by atoms with Crippen molar-refractivity contribution in [2.45, 2.75) is 18.8 Å². The molecule has 140 valence electrons. The average Bonchev–Trinajstić information content (AvgIpc) is 3.23. The first-order valence-electron chi connectivity index (χ1n) is 9.16. The molecule has 0 aliphatic carbocycles. The van der Waals surface area contributed by atoms with E-state index in [0.717, 1.165) is 18.9 Å². The van der Waals surface area contributed by atoms with E-state index in [1.54, 1.807) is 4.90 Å². The Bertz CT molecular complexity index is 1030.